The molecule has 124 valence electrons. The van der Waals surface area contributed by atoms with E-state index in [1.807, 2.05) is 28.8 Å². The molecular formula is C17H17N3O4. The molecule has 0 aliphatic carbocycles. The molecule has 24 heavy (non-hydrogen) atoms. The lowest BCUT2D eigenvalue weighted by molar-refractivity contribution is 0.00614. The first-order chi connectivity index (χ1) is 11.4. The summed E-state index contributed by atoms with van der Waals surface area (Å²) in [6.45, 7) is 5.58. The minimum atomic E-state index is -0.623. The van der Waals surface area contributed by atoms with E-state index in [0.29, 0.717) is 5.69 Å². The van der Waals surface area contributed by atoms with E-state index in [-0.39, 0.29) is 12.3 Å². The van der Waals surface area contributed by atoms with Crippen LogP contribution in [-0.4, -0.2) is 33.8 Å². The number of amides is 1. The smallest absolute Gasteiger partial charge is 0.415 e. The number of anilines is 1. The molecule has 2 aliphatic heterocycles. The van der Waals surface area contributed by atoms with E-state index in [1.165, 1.54) is 0 Å². The molecule has 2 aliphatic rings. The highest BCUT2D eigenvalue weighted by Crippen LogP contribution is 2.43. The highest BCUT2D eigenvalue weighted by molar-refractivity contribution is 5.96. The van der Waals surface area contributed by atoms with Crippen molar-refractivity contribution in [1.29, 1.82) is 0 Å². The van der Waals surface area contributed by atoms with E-state index in [1.54, 1.807) is 32.0 Å². The average Bonchev–Trinajstić information content (AvgIpc) is 3.10. The molecule has 1 saturated heterocycles. The molecule has 7 heteroatoms. The second-order valence-electron chi connectivity index (χ2n) is 6.80. The van der Waals surface area contributed by atoms with Crippen LogP contribution in [-0.2, 0) is 9.47 Å². The van der Waals surface area contributed by atoms with Gasteiger partial charge >= 0.3 is 12.1 Å². The Labute approximate surface area is 138 Å². The zero-order valence-electron chi connectivity index (χ0n) is 13.6. The van der Waals surface area contributed by atoms with E-state index in [4.69, 9.17) is 9.47 Å². The number of carbonyl (C=O) groups is 2. The number of ether oxygens (including phenoxy) is 2. The highest BCUT2D eigenvalue weighted by Gasteiger charge is 2.44. The topological polar surface area (TPSA) is 73.7 Å². The van der Waals surface area contributed by atoms with Gasteiger partial charge in [0.1, 0.15) is 24.6 Å². The maximum absolute atomic E-state index is 12.5. The minimum Gasteiger partial charge on any atom is -0.455 e. The van der Waals surface area contributed by atoms with Gasteiger partial charge in [0.15, 0.2) is 5.69 Å². The second-order valence-corrected chi connectivity index (χ2v) is 6.80. The molecule has 4 rings (SSSR count). The number of esters is 1. The number of hydrogen-bond acceptors (Lipinski definition) is 5. The van der Waals surface area contributed by atoms with Crippen LogP contribution >= 0.6 is 0 Å². The van der Waals surface area contributed by atoms with Crippen molar-refractivity contribution in [3.63, 3.8) is 0 Å². The Hall–Kier alpha value is -2.83. The van der Waals surface area contributed by atoms with Crippen LogP contribution in [0.25, 0.3) is 5.69 Å². The fourth-order valence-electron chi connectivity index (χ4n) is 3.11. The van der Waals surface area contributed by atoms with Crippen molar-refractivity contribution in [3.05, 3.63) is 42.0 Å². The van der Waals surface area contributed by atoms with Crippen LogP contribution in [0.2, 0.25) is 0 Å². The number of aromatic nitrogens is 2. The lowest BCUT2D eigenvalue weighted by Crippen LogP contribution is -2.34. The van der Waals surface area contributed by atoms with Gasteiger partial charge in [-0.25, -0.2) is 14.6 Å². The summed E-state index contributed by atoms with van der Waals surface area (Å²) in [6.07, 6.45) is 1.17. The molecule has 0 saturated carbocycles. The first-order valence-electron chi connectivity index (χ1n) is 7.73. The van der Waals surface area contributed by atoms with Crippen molar-refractivity contribution < 1.29 is 19.1 Å². The number of carbonyl (C=O) groups excluding carboxylic acids is 2. The predicted molar refractivity (Wildman–Crippen MR) is 85.3 cm³/mol. The molecule has 0 N–H and O–H groups in total. The van der Waals surface area contributed by atoms with Gasteiger partial charge in [-0.1, -0.05) is 12.1 Å². The molecule has 0 spiro atoms. The summed E-state index contributed by atoms with van der Waals surface area (Å²) < 4.78 is 12.5. The van der Waals surface area contributed by atoms with Crippen LogP contribution in [0.15, 0.2) is 30.6 Å². The Bertz CT molecular complexity index is 850. The van der Waals surface area contributed by atoms with Crippen LogP contribution in [0.5, 0.6) is 0 Å². The fraction of sp³-hybridized carbons (Fsp3) is 0.353. The van der Waals surface area contributed by atoms with Gasteiger partial charge in [0.05, 0.1) is 17.1 Å². The van der Waals surface area contributed by atoms with E-state index in [0.717, 1.165) is 11.4 Å². The van der Waals surface area contributed by atoms with Gasteiger partial charge in [-0.15, -0.1) is 0 Å². The number of hydrogen-bond donors (Lipinski definition) is 0. The van der Waals surface area contributed by atoms with E-state index >= 15 is 0 Å². The predicted octanol–water partition coefficient (Wildman–Crippen LogP) is 2.84. The molecule has 0 unspecified atom stereocenters. The number of nitrogens with zero attached hydrogens (tertiary/aromatic N) is 3. The Balaban J connectivity index is 1.87. The van der Waals surface area contributed by atoms with Crippen molar-refractivity contribution in [2.75, 3.05) is 11.5 Å². The van der Waals surface area contributed by atoms with Gasteiger partial charge in [-0.05, 0) is 32.9 Å². The normalized spacial score (nSPS) is 18.5. The summed E-state index contributed by atoms with van der Waals surface area (Å²) in [4.78, 5) is 30.5. The third kappa shape index (κ3) is 2.08. The minimum absolute atomic E-state index is 0.175. The molecule has 0 bridgehead atoms. The molecule has 7 nitrogen and oxygen atoms in total. The highest BCUT2D eigenvalue weighted by atomic mass is 16.6. The molecule has 1 fully saturated rings. The first kappa shape index (κ1) is 14.7. The number of rotatable bonds is 1. The largest absolute Gasteiger partial charge is 0.455 e. The van der Waals surface area contributed by atoms with Gasteiger partial charge in [0, 0.05) is 0 Å². The summed E-state index contributed by atoms with van der Waals surface area (Å²) in [5, 5.41) is 0. The number of fused-ring (bicyclic) bond motifs is 6. The molecule has 0 radical (unpaired) electrons. The first-order valence-corrected chi connectivity index (χ1v) is 7.73. The maximum Gasteiger partial charge on any atom is 0.415 e. The summed E-state index contributed by atoms with van der Waals surface area (Å²) in [5.41, 5.74) is 1.74. The number of para-hydroxylation sites is 2. The Kier molecular flexibility index (Phi) is 2.97. The molecule has 3 heterocycles. The van der Waals surface area contributed by atoms with Crippen molar-refractivity contribution >= 4 is 17.7 Å². The van der Waals surface area contributed by atoms with Gasteiger partial charge in [0.2, 0.25) is 0 Å². The zero-order chi connectivity index (χ0) is 17.1. The van der Waals surface area contributed by atoms with Gasteiger partial charge in [-0.2, -0.15) is 0 Å². The van der Waals surface area contributed by atoms with E-state index < -0.39 is 23.7 Å². The quantitative estimate of drug-likeness (QED) is 0.753. The van der Waals surface area contributed by atoms with Crippen molar-refractivity contribution in [2.45, 2.75) is 32.4 Å². The number of imidazole rings is 1. The summed E-state index contributed by atoms with van der Waals surface area (Å²) >= 11 is 0. The standard InChI is InChI=1S/C17H17N3O4/c1-17(2,3)24-15(21)13-14-12-8-23-16(22)20(12)11-7-5-4-6-10(11)19(14)9-18-13/h4-7,9,12H,8H2,1-3H3/t12-/m0/s1. The van der Waals surface area contributed by atoms with Crippen LogP contribution in [0.4, 0.5) is 10.5 Å². The summed E-state index contributed by atoms with van der Waals surface area (Å²) in [5.74, 6) is -0.505. The number of cyclic esters (lactones) is 1. The second kappa shape index (κ2) is 4.83. The molecule has 2 aromatic rings. The van der Waals surface area contributed by atoms with E-state index in [2.05, 4.69) is 4.98 Å². The lowest BCUT2D eigenvalue weighted by atomic mass is 10.1. The maximum atomic E-state index is 12.5. The molecular weight excluding hydrogens is 310 g/mol. The molecule has 1 aromatic heterocycles. The molecule has 1 amide bonds. The van der Waals surface area contributed by atoms with Crippen LogP contribution < -0.4 is 4.90 Å². The summed E-state index contributed by atoms with van der Waals surface area (Å²) in [7, 11) is 0. The average molecular weight is 327 g/mol. The van der Waals surface area contributed by atoms with E-state index in [9.17, 15) is 9.59 Å². The van der Waals surface area contributed by atoms with Crippen molar-refractivity contribution in [3.8, 4) is 5.69 Å². The molecule has 1 aromatic carbocycles. The zero-order valence-corrected chi connectivity index (χ0v) is 13.6. The summed E-state index contributed by atoms with van der Waals surface area (Å²) in [6, 6.07) is 7.07. The Morgan fingerprint density at radius 2 is 2.00 bits per heavy atom. The third-order valence-electron chi connectivity index (χ3n) is 3.99. The van der Waals surface area contributed by atoms with Crippen LogP contribution in [0.3, 0.4) is 0 Å². The Morgan fingerprint density at radius 1 is 1.29 bits per heavy atom. The van der Waals surface area contributed by atoms with Crippen LogP contribution in [0.1, 0.15) is 43.0 Å². The SMILES string of the molecule is CC(C)(C)OC(=O)c1ncn2c1[C@@H]1COC(=O)N1c1ccccc1-2. The fourth-order valence-corrected chi connectivity index (χ4v) is 3.11. The van der Waals surface area contributed by atoms with Crippen molar-refractivity contribution in [1.82, 2.24) is 9.55 Å². The Morgan fingerprint density at radius 3 is 2.71 bits per heavy atom. The number of benzene rings is 1. The lowest BCUT2D eigenvalue weighted by Gasteiger charge is -2.30. The van der Waals surface area contributed by atoms with Crippen LogP contribution in [0, 0.1) is 0 Å². The third-order valence-corrected chi connectivity index (χ3v) is 3.99. The molecule has 1 atom stereocenters. The van der Waals surface area contributed by atoms with Crippen molar-refractivity contribution in [2.24, 2.45) is 0 Å². The van der Waals surface area contributed by atoms with Gasteiger partial charge in [-0.3, -0.25) is 9.47 Å². The monoisotopic (exact) mass is 327 g/mol. The van der Waals surface area contributed by atoms with Gasteiger partial charge in [0.25, 0.3) is 0 Å². The van der Waals surface area contributed by atoms with Gasteiger partial charge < -0.3 is 9.47 Å².